The van der Waals surface area contributed by atoms with Gasteiger partial charge in [0.05, 0.1) is 3.39 Å². The molecule has 0 heterocycles. The summed E-state index contributed by atoms with van der Waals surface area (Å²) in [7, 11) is 0. The molecule has 0 amide bonds. The van der Waals surface area contributed by atoms with Gasteiger partial charge < -0.3 is 0 Å². The molecule has 76 valence electrons. The van der Waals surface area contributed by atoms with Gasteiger partial charge in [0.2, 0.25) is 0 Å². The Morgan fingerprint density at radius 1 is 0.933 bits per heavy atom. The number of fused-ring (bicyclic) bond motifs is 1. The summed E-state index contributed by atoms with van der Waals surface area (Å²) in [5, 5.41) is 2.55. The average molecular weight is 326 g/mol. The van der Waals surface area contributed by atoms with E-state index in [9.17, 15) is 0 Å². The molecule has 0 unspecified atom stereocenters. The molecule has 0 bridgehead atoms. The van der Waals surface area contributed by atoms with Gasteiger partial charge in [-0.05, 0) is 66.8 Å². The zero-order valence-electron chi connectivity index (χ0n) is 8.30. The van der Waals surface area contributed by atoms with Crippen LogP contribution in [0.25, 0.3) is 16.3 Å². The first-order valence-electron chi connectivity index (χ1n) is 4.69. The van der Waals surface area contributed by atoms with Crippen LogP contribution in [0.3, 0.4) is 0 Å². The van der Waals surface area contributed by atoms with Gasteiger partial charge in [-0.15, -0.1) is 0 Å². The lowest BCUT2D eigenvalue weighted by Gasteiger charge is -2.04. The fraction of sp³-hybridized carbons (Fsp3) is 0.0769. The highest BCUT2D eigenvalue weighted by atomic mass is 79.9. The van der Waals surface area contributed by atoms with Crippen LogP contribution >= 0.6 is 31.9 Å². The number of rotatable bonds is 1. The van der Waals surface area contributed by atoms with Crippen molar-refractivity contribution in [2.24, 2.45) is 0 Å². The Kier molecular flexibility index (Phi) is 3.27. The molecule has 0 fully saturated rings. The molecular weight excluding hydrogens is 316 g/mol. The molecule has 0 N–H and O–H groups in total. The van der Waals surface area contributed by atoms with Crippen LogP contribution in [0.2, 0.25) is 0 Å². The lowest BCUT2D eigenvalue weighted by molar-refractivity contribution is 1.61. The van der Waals surface area contributed by atoms with Crippen LogP contribution in [0.15, 0.2) is 45.9 Å². The van der Waals surface area contributed by atoms with Crippen LogP contribution < -0.4 is 0 Å². The zero-order valence-corrected chi connectivity index (χ0v) is 11.5. The van der Waals surface area contributed by atoms with Gasteiger partial charge in [0.25, 0.3) is 0 Å². The van der Waals surface area contributed by atoms with Gasteiger partial charge in [-0.3, -0.25) is 0 Å². The maximum Gasteiger partial charge on any atom is 0.0639 e. The quantitative estimate of drug-likeness (QED) is 0.665. The third-order valence-electron chi connectivity index (χ3n) is 2.47. The molecule has 2 aromatic carbocycles. The van der Waals surface area contributed by atoms with Crippen molar-refractivity contribution < 1.29 is 0 Å². The standard InChI is InChI=1S/C13H10Br2/c1-9(13(14)15)11-7-6-10-4-2-3-5-12(10)8-11/h2-8H,1H3. The molecular formula is C13H10Br2. The number of hydrogen-bond acceptors (Lipinski definition) is 0. The summed E-state index contributed by atoms with van der Waals surface area (Å²) in [4.78, 5) is 0. The minimum atomic E-state index is 1.00. The maximum absolute atomic E-state index is 3.44. The lowest BCUT2D eigenvalue weighted by Crippen LogP contribution is -1.80. The second-order valence-electron chi connectivity index (χ2n) is 3.45. The summed E-state index contributed by atoms with van der Waals surface area (Å²) in [6.07, 6.45) is 0. The first kappa shape index (κ1) is 10.9. The van der Waals surface area contributed by atoms with E-state index in [2.05, 4.69) is 81.2 Å². The summed E-state index contributed by atoms with van der Waals surface area (Å²) in [5.74, 6) is 0. The minimum Gasteiger partial charge on any atom is -0.0616 e. The number of halogens is 2. The van der Waals surface area contributed by atoms with Crippen LogP contribution in [0.1, 0.15) is 12.5 Å². The molecule has 0 aliphatic heterocycles. The van der Waals surface area contributed by atoms with Crippen LogP contribution in [0, 0.1) is 0 Å². The Bertz CT molecular complexity index is 523. The second-order valence-corrected chi connectivity index (χ2v) is 6.10. The van der Waals surface area contributed by atoms with E-state index in [0.29, 0.717) is 0 Å². The normalized spacial score (nSPS) is 10.3. The number of allylic oxidation sites excluding steroid dienone is 1. The molecule has 2 heteroatoms. The molecule has 0 saturated heterocycles. The van der Waals surface area contributed by atoms with E-state index >= 15 is 0 Å². The molecule has 0 nitrogen and oxygen atoms in total. The van der Waals surface area contributed by atoms with Crippen LogP contribution in [-0.4, -0.2) is 0 Å². The number of hydrogen-bond donors (Lipinski definition) is 0. The maximum atomic E-state index is 3.44. The van der Waals surface area contributed by atoms with E-state index in [0.717, 1.165) is 3.39 Å². The molecule has 0 aliphatic carbocycles. The van der Waals surface area contributed by atoms with Crippen molar-refractivity contribution in [2.75, 3.05) is 0 Å². The molecule has 0 aromatic heterocycles. The molecule has 2 aromatic rings. The van der Waals surface area contributed by atoms with Crippen molar-refractivity contribution in [3.63, 3.8) is 0 Å². The Morgan fingerprint density at radius 2 is 1.60 bits per heavy atom. The SMILES string of the molecule is CC(=C(Br)Br)c1ccc2ccccc2c1. The van der Waals surface area contributed by atoms with Gasteiger partial charge in [-0.1, -0.05) is 36.4 Å². The summed E-state index contributed by atoms with van der Waals surface area (Å²) in [6, 6.07) is 14.9. The minimum absolute atomic E-state index is 1.00. The summed E-state index contributed by atoms with van der Waals surface area (Å²) in [5.41, 5.74) is 2.44. The molecule has 0 radical (unpaired) electrons. The molecule has 2 rings (SSSR count). The fourth-order valence-corrected chi connectivity index (χ4v) is 1.99. The molecule has 0 aliphatic rings. The predicted molar refractivity (Wildman–Crippen MR) is 74.4 cm³/mol. The Labute approximate surface area is 106 Å². The fourth-order valence-electron chi connectivity index (χ4n) is 1.53. The third-order valence-corrected chi connectivity index (χ3v) is 3.66. The summed E-state index contributed by atoms with van der Waals surface area (Å²) >= 11 is 6.87. The Balaban J connectivity index is 2.62. The van der Waals surface area contributed by atoms with Gasteiger partial charge in [-0.25, -0.2) is 0 Å². The van der Waals surface area contributed by atoms with Gasteiger partial charge in [-0.2, -0.15) is 0 Å². The van der Waals surface area contributed by atoms with Crippen LogP contribution in [0.5, 0.6) is 0 Å². The van der Waals surface area contributed by atoms with Crippen LogP contribution in [-0.2, 0) is 0 Å². The lowest BCUT2D eigenvalue weighted by atomic mass is 10.0. The highest BCUT2D eigenvalue weighted by molar-refractivity contribution is 9.28. The molecule has 0 saturated carbocycles. The van der Waals surface area contributed by atoms with Crippen molar-refractivity contribution in [3.8, 4) is 0 Å². The van der Waals surface area contributed by atoms with Crippen molar-refractivity contribution in [1.82, 2.24) is 0 Å². The van der Waals surface area contributed by atoms with Gasteiger partial charge >= 0.3 is 0 Å². The van der Waals surface area contributed by atoms with E-state index in [4.69, 9.17) is 0 Å². The first-order chi connectivity index (χ1) is 7.18. The monoisotopic (exact) mass is 324 g/mol. The van der Waals surface area contributed by atoms with E-state index in [1.165, 1.54) is 21.9 Å². The molecule has 0 atom stereocenters. The second kappa shape index (κ2) is 4.50. The van der Waals surface area contributed by atoms with Gasteiger partial charge in [0, 0.05) is 0 Å². The summed E-state index contributed by atoms with van der Waals surface area (Å²) < 4.78 is 1.00. The Hall–Kier alpha value is -0.600. The average Bonchev–Trinajstić information content (AvgIpc) is 2.27. The van der Waals surface area contributed by atoms with E-state index in [-0.39, 0.29) is 0 Å². The first-order valence-corrected chi connectivity index (χ1v) is 6.28. The van der Waals surface area contributed by atoms with Crippen molar-refractivity contribution in [2.45, 2.75) is 6.92 Å². The van der Waals surface area contributed by atoms with Crippen molar-refractivity contribution in [1.29, 1.82) is 0 Å². The number of benzene rings is 2. The highest BCUT2D eigenvalue weighted by Gasteiger charge is 2.00. The van der Waals surface area contributed by atoms with Crippen molar-refractivity contribution >= 4 is 48.2 Å². The van der Waals surface area contributed by atoms with Crippen LogP contribution in [0.4, 0.5) is 0 Å². The largest absolute Gasteiger partial charge is 0.0639 e. The smallest absolute Gasteiger partial charge is 0.0616 e. The predicted octanol–water partition coefficient (Wildman–Crippen LogP) is 5.32. The van der Waals surface area contributed by atoms with Crippen molar-refractivity contribution in [3.05, 3.63) is 51.4 Å². The van der Waals surface area contributed by atoms with E-state index in [1.807, 2.05) is 0 Å². The highest BCUT2D eigenvalue weighted by Crippen LogP contribution is 2.28. The van der Waals surface area contributed by atoms with E-state index < -0.39 is 0 Å². The zero-order chi connectivity index (χ0) is 10.8. The van der Waals surface area contributed by atoms with Gasteiger partial charge in [0.1, 0.15) is 0 Å². The topological polar surface area (TPSA) is 0 Å². The third kappa shape index (κ3) is 2.32. The van der Waals surface area contributed by atoms with E-state index in [1.54, 1.807) is 0 Å². The Morgan fingerprint density at radius 3 is 2.27 bits per heavy atom. The molecule has 15 heavy (non-hydrogen) atoms. The summed E-state index contributed by atoms with van der Waals surface area (Å²) in [6.45, 7) is 2.09. The molecule has 0 spiro atoms. The van der Waals surface area contributed by atoms with Gasteiger partial charge in [0.15, 0.2) is 0 Å².